The summed E-state index contributed by atoms with van der Waals surface area (Å²) in [5.74, 6) is 8.05. The molecule has 0 aliphatic carbocycles. The Morgan fingerprint density at radius 1 is 1.36 bits per heavy atom. The number of hydrogen-bond donors (Lipinski definition) is 0. The predicted molar refractivity (Wildman–Crippen MR) is 88.5 cm³/mol. The van der Waals surface area contributed by atoms with E-state index in [1.54, 1.807) is 11.3 Å². The van der Waals surface area contributed by atoms with Crippen LogP contribution in [0.5, 0.6) is 5.88 Å². The molecule has 114 valence electrons. The van der Waals surface area contributed by atoms with E-state index in [4.69, 9.17) is 4.74 Å². The van der Waals surface area contributed by atoms with Crippen molar-refractivity contribution in [2.45, 2.75) is 18.8 Å². The van der Waals surface area contributed by atoms with Gasteiger partial charge >= 0.3 is 0 Å². The Hall–Kier alpha value is -1.42. The van der Waals surface area contributed by atoms with Crippen LogP contribution in [-0.2, 0) is 0 Å². The van der Waals surface area contributed by atoms with Crippen molar-refractivity contribution >= 4 is 23.1 Å². The number of fused-ring (bicyclic) bond motifs is 2. The molecule has 0 aromatic carbocycles. The molecular formula is C16H17N3OS2. The molecular weight excluding hydrogens is 314 g/mol. The molecule has 2 bridgehead atoms. The van der Waals surface area contributed by atoms with Crippen molar-refractivity contribution < 1.29 is 4.74 Å². The van der Waals surface area contributed by atoms with Gasteiger partial charge in [-0.25, -0.2) is 0 Å². The third-order valence-electron chi connectivity index (χ3n) is 4.43. The van der Waals surface area contributed by atoms with Crippen LogP contribution in [0.3, 0.4) is 0 Å². The van der Waals surface area contributed by atoms with Crippen molar-refractivity contribution in [1.82, 2.24) is 13.6 Å². The van der Waals surface area contributed by atoms with Gasteiger partial charge in [-0.1, -0.05) is 11.8 Å². The molecule has 4 rings (SSSR count). The molecule has 4 heterocycles. The normalized spacial score (nSPS) is 26.5. The lowest BCUT2D eigenvalue weighted by atomic mass is 9.89. The van der Waals surface area contributed by atoms with Crippen LogP contribution in [0.15, 0.2) is 16.8 Å². The Labute approximate surface area is 138 Å². The molecule has 0 saturated carbocycles. The molecule has 2 fully saturated rings. The molecule has 4 nitrogen and oxygen atoms in total. The molecule has 22 heavy (non-hydrogen) atoms. The maximum absolute atomic E-state index is 5.78. The first-order chi connectivity index (χ1) is 10.9. The lowest BCUT2D eigenvalue weighted by Gasteiger charge is -2.21. The SMILES string of the molecule is C(#Cc1ccsc1)COc1nsnc1[C@@H]1CN2CCC[C@H]1C2. The van der Waals surface area contributed by atoms with Crippen molar-refractivity contribution in [3.8, 4) is 17.7 Å². The van der Waals surface area contributed by atoms with Gasteiger partial charge in [-0.2, -0.15) is 15.7 Å². The zero-order chi connectivity index (χ0) is 14.8. The number of ether oxygens (including phenoxy) is 1. The van der Waals surface area contributed by atoms with Crippen molar-refractivity contribution in [2.75, 3.05) is 26.2 Å². The third kappa shape index (κ3) is 2.89. The van der Waals surface area contributed by atoms with Crippen LogP contribution >= 0.6 is 23.1 Å². The second kappa shape index (κ2) is 6.37. The highest BCUT2D eigenvalue weighted by atomic mass is 32.1. The summed E-state index contributed by atoms with van der Waals surface area (Å²) in [6, 6.07) is 2.01. The maximum atomic E-state index is 5.78. The average Bonchev–Trinajstić information content (AvgIpc) is 3.25. The summed E-state index contributed by atoms with van der Waals surface area (Å²) in [5, 5.41) is 4.07. The lowest BCUT2D eigenvalue weighted by Crippen LogP contribution is -2.25. The minimum absolute atomic E-state index is 0.370. The lowest BCUT2D eigenvalue weighted by molar-refractivity contribution is 0.269. The minimum atomic E-state index is 0.370. The van der Waals surface area contributed by atoms with E-state index in [0.29, 0.717) is 18.4 Å². The van der Waals surface area contributed by atoms with Crippen LogP contribution in [0, 0.1) is 17.8 Å². The van der Waals surface area contributed by atoms with Gasteiger partial charge in [0, 0.05) is 30.0 Å². The third-order valence-corrected chi connectivity index (χ3v) is 5.64. The summed E-state index contributed by atoms with van der Waals surface area (Å²) < 4.78 is 14.6. The van der Waals surface area contributed by atoms with Crippen molar-refractivity contribution in [2.24, 2.45) is 5.92 Å². The van der Waals surface area contributed by atoms with Gasteiger partial charge in [-0.3, -0.25) is 0 Å². The molecule has 2 saturated heterocycles. The topological polar surface area (TPSA) is 38.3 Å². The summed E-state index contributed by atoms with van der Waals surface area (Å²) in [5.41, 5.74) is 2.10. The van der Waals surface area contributed by atoms with E-state index in [1.165, 1.54) is 37.7 Å². The highest BCUT2D eigenvalue weighted by Gasteiger charge is 2.39. The van der Waals surface area contributed by atoms with Gasteiger partial charge in [-0.15, -0.1) is 4.37 Å². The number of hydrogen-bond acceptors (Lipinski definition) is 6. The smallest absolute Gasteiger partial charge is 0.250 e. The zero-order valence-electron chi connectivity index (χ0n) is 12.2. The van der Waals surface area contributed by atoms with E-state index < -0.39 is 0 Å². The van der Waals surface area contributed by atoms with Gasteiger partial charge in [-0.05, 0) is 36.8 Å². The van der Waals surface area contributed by atoms with Gasteiger partial charge < -0.3 is 9.64 Å². The largest absolute Gasteiger partial charge is 0.463 e. The Kier molecular flexibility index (Phi) is 4.11. The Balaban J connectivity index is 1.42. The molecule has 0 radical (unpaired) electrons. The fraction of sp³-hybridized carbons (Fsp3) is 0.500. The monoisotopic (exact) mass is 331 g/mol. The van der Waals surface area contributed by atoms with E-state index in [-0.39, 0.29) is 0 Å². The summed E-state index contributed by atoms with van der Waals surface area (Å²) >= 11 is 2.91. The first kappa shape index (κ1) is 14.2. The Bertz CT molecular complexity index is 686. The van der Waals surface area contributed by atoms with Crippen molar-refractivity contribution in [1.29, 1.82) is 0 Å². The van der Waals surface area contributed by atoms with Crippen LogP contribution in [0.25, 0.3) is 0 Å². The second-order valence-electron chi connectivity index (χ2n) is 5.83. The average molecular weight is 331 g/mol. The van der Waals surface area contributed by atoms with Gasteiger partial charge in [0.2, 0.25) is 5.88 Å². The molecule has 1 unspecified atom stereocenters. The van der Waals surface area contributed by atoms with E-state index in [1.807, 2.05) is 16.8 Å². The molecule has 0 N–H and O–H groups in total. The summed E-state index contributed by atoms with van der Waals surface area (Å²) in [6.45, 7) is 3.91. The number of nitrogens with zero attached hydrogens (tertiary/aromatic N) is 3. The van der Waals surface area contributed by atoms with Gasteiger partial charge in [0.05, 0.1) is 11.7 Å². The fourth-order valence-corrected chi connectivity index (χ4v) is 4.57. The first-order valence-corrected chi connectivity index (χ1v) is 9.26. The molecule has 3 atom stereocenters. The number of rotatable bonds is 3. The van der Waals surface area contributed by atoms with E-state index in [2.05, 4.69) is 25.5 Å². The predicted octanol–water partition coefficient (Wildman–Crippen LogP) is 2.84. The molecule has 2 aromatic rings. The number of thiophene rings is 1. The molecule has 2 aromatic heterocycles. The maximum Gasteiger partial charge on any atom is 0.250 e. The molecule has 2 aliphatic heterocycles. The van der Waals surface area contributed by atoms with E-state index in [0.717, 1.165) is 23.7 Å². The first-order valence-electron chi connectivity index (χ1n) is 7.59. The summed E-state index contributed by atoms with van der Waals surface area (Å²) in [6.07, 6.45) is 2.61. The highest BCUT2D eigenvalue weighted by molar-refractivity contribution is 7.08. The van der Waals surface area contributed by atoms with Crippen LogP contribution in [0.1, 0.15) is 30.0 Å². The van der Waals surface area contributed by atoms with Crippen molar-refractivity contribution in [3.63, 3.8) is 0 Å². The molecule has 2 aliphatic rings. The molecule has 0 spiro atoms. The van der Waals surface area contributed by atoms with Crippen LogP contribution in [0.4, 0.5) is 0 Å². The minimum Gasteiger partial charge on any atom is -0.463 e. The standard InChI is InChI=1S/C16H17N3OS2/c1-4-13-9-19(6-1)10-14(13)15-16(18-22-17-15)20-7-2-3-12-5-8-21-11-12/h5,8,11,13-14H,1,4,6-7,9-10H2/t13-,14+/m0/s1. The molecule has 6 heteroatoms. The van der Waals surface area contributed by atoms with Crippen LogP contribution in [-0.4, -0.2) is 39.9 Å². The van der Waals surface area contributed by atoms with E-state index in [9.17, 15) is 0 Å². The van der Waals surface area contributed by atoms with Crippen LogP contribution < -0.4 is 4.74 Å². The van der Waals surface area contributed by atoms with Crippen molar-refractivity contribution in [3.05, 3.63) is 28.1 Å². The summed E-state index contributed by atoms with van der Waals surface area (Å²) in [4.78, 5) is 2.54. The van der Waals surface area contributed by atoms with E-state index >= 15 is 0 Å². The molecule has 0 amide bonds. The van der Waals surface area contributed by atoms with Crippen LogP contribution in [0.2, 0.25) is 0 Å². The highest BCUT2D eigenvalue weighted by Crippen LogP contribution is 2.40. The Morgan fingerprint density at radius 2 is 2.36 bits per heavy atom. The quantitative estimate of drug-likeness (QED) is 0.811. The second-order valence-corrected chi connectivity index (χ2v) is 7.13. The number of aromatic nitrogens is 2. The summed E-state index contributed by atoms with van der Waals surface area (Å²) in [7, 11) is 0. The van der Waals surface area contributed by atoms with Gasteiger partial charge in [0.25, 0.3) is 0 Å². The zero-order valence-corrected chi connectivity index (χ0v) is 13.8. The van der Waals surface area contributed by atoms with Gasteiger partial charge in [0.15, 0.2) is 6.61 Å². The Morgan fingerprint density at radius 3 is 3.23 bits per heavy atom. The number of piperidine rings is 1. The fourth-order valence-electron chi connectivity index (χ4n) is 3.41. The van der Waals surface area contributed by atoms with Gasteiger partial charge in [0.1, 0.15) is 5.69 Å².